The molecule has 2 nitrogen and oxygen atoms in total. The van der Waals surface area contributed by atoms with Gasteiger partial charge in [0.1, 0.15) is 11.2 Å². The van der Waals surface area contributed by atoms with E-state index in [4.69, 9.17) is 9.47 Å². The van der Waals surface area contributed by atoms with E-state index in [1.54, 1.807) is 0 Å². The number of epoxide rings is 2. The van der Waals surface area contributed by atoms with Gasteiger partial charge in [0.2, 0.25) is 0 Å². The molecule has 0 amide bonds. The Kier molecular flexibility index (Phi) is 2.59. The summed E-state index contributed by atoms with van der Waals surface area (Å²) in [6.45, 7) is 0. The highest BCUT2D eigenvalue weighted by Crippen LogP contribution is 2.64. The molecule has 0 bridgehead atoms. The second kappa shape index (κ2) is 4.43. The zero-order valence-electron chi connectivity index (χ0n) is 12.6. The third kappa shape index (κ3) is 1.94. The molecule has 0 spiro atoms. The van der Waals surface area contributed by atoms with Gasteiger partial charge in [0.15, 0.2) is 0 Å². The Hall–Kier alpha value is -1.64. The number of benzene rings is 2. The molecule has 1 saturated carbocycles. The Labute approximate surface area is 131 Å². The predicted octanol–water partition coefficient (Wildman–Crippen LogP) is 3.54. The fraction of sp³-hybridized carbons (Fsp3) is 0.400. The Balaban J connectivity index is 1.44. The maximum Gasteiger partial charge on any atom is 0.105 e. The summed E-state index contributed by atoms with van der Waals surface area (Å²) in [5.74, 6) is 0. The molecule has 0 aromatic heterocycles. The summed E-state index contributed by atoms with van der Waals surface area (Å²) in [5, 5.41) is 0. The Morgan fingerprint density at radius 3 is 1.64 bits per heavy atom. The topological polar surface area (TPSA) is 25.1 Å². The monoisotopic (exact) mass is 292 g/mol. The van der Waals surface area contributed by atoms with Gasteiger partial charge in [-0.05, 0) is 11.1 Å². The first-order valence-electron chi connectivity index (χ1n) is 8.22. The van der Waals surface area contributed by atoms with E-state index in [1.165, 1.54) is 11.1 Å². The van der Waals surface area contributed by atoms with Crippen molar-refractivity contribution >= 4 is 0 Å². The third-order valence-corrected chi connectivity index (χ3v) is 5.59. The summed E-state index contributed by atoms with van der Waals surface area (Å²) in [5.41, 5.74) is 2.72. The molecule has 0 N–H and O–H groups in total. The van der Waals surface area contributed by atoms with Crippen LogP contribution in [0.2, 0.25) is 0 Å². The van der Waals surface area contributed by atoms with Gasteiger partial charge < -0.3 is 9.47 Å². The standard InChI is InChI=1S/C20H20O2/c1-3-7-15(8-4-1)11-19-13-17-18(21-17)14-20(19,22-19)12-16-9-5-2-6-10-16/h1-10,17-18H,11-14H2. The minimum atomic E-state index is -0.0120. The van der Waals surface area contributed by atoms with Crippen LogP contribution < -0.4 is 0 Å². The van der Waals surface area contributed by atoms with Gasteiger partial charge in [0, 0.05) is 25.7 Å². The van der Waals surface area contributed by atoms with Gasteiger partial charge in [-0.15, -0.1) is 0 Å². The van der Waals surface area contributed by atoms with Gasteiger partial charge >= 0.3 is 0 Å². The normalized spacial score (nSPS) is 38.0. The molecule has 22 heavy (non-hydrogen) atoms. The summed E-state index contributed by atoms with van der Waals surface area (Å²) in [4.78, 5) is 0. The van der Waals surface area contributed by atoms with Crippen LogP contribution in [0.4, 0.5) is 0 Å². The minimum absolute atomic E-state index is 0.0120. The highest BCUT2D eigenvalue weighted by Gasteiger charge is 2.76. The molecule has 3 aliphatic rings. The summed E-state index contributed by atoms with van der Waals surface area (Å²) >= 11 is 0. The van der Waals surface area contributed by atoms with Crippen molar-refractivity contribution in [3.63, 3.8) is 0 Å². The smallest absolute Gasteiger partial charge is 0.105 e. The lowest BCUT2D eigenvalue weighted by molar-refractivity contribution is 0.219. The maximum absolute atomic E-state index is 6.48. The van der Waals surface area contributed by atoms with E-state index in [2.05, 4.69) is 60.7 Å². The third-order valence-electron chi connectivity index (χ3n) is 5.59. The van der Waals surface area contributed by atoms with Gasteiger partial charge in [-0.3, -0.25) is 0 Å². The molecule has 2 saturated heterocycles. The summed E-state index contributed by atoms with van der Waals surface area (Å²) < 4.78 is 12.3. The molecular weight excluding hydrogens is 272 g/mol. The first-order valence-corrected chi connectivity index (χ1v) is 8.22. The lowest BCUT2D eigenvalue weighted by Crippen LogP contribution is -2.37. The van der Waals surface area contributed by atoms with Crippen molar-refractivity contribution in [3.05, 3.63) is 71.8 Å². The van der Waals surface area contributed by atoms with Crippen LogP contribution in [0.1, 0.15) is 24.0 Å². The van der Waals surface area contributed by atoms with Crippen molar-refractivity contribution in [1.82, 2.24) is 0 Å². The fourth-order valence-corrected chi connectivity index (χ4v) is 4.38. The average Bonchev–Trinajstić information content (AvgIpc) is 3.40. The second-order valence-electron chi connectivity index (χ2n) is 7.04. The Bertz CT molecular complexity index is 624. The quantitative estimate of drug-likeness (QED) is 0.805. The Morgan fingerprint density at radius 2 is 1.18 bits per heavy atom. The second-order valence-corrected chi connectivity index (χ2v) is 7.04. The van der Waals surface area contributed by atoms with Gasteiger partial charge in [-0.2, -0.15) is 0 Å². The summed E-state index contributed by atoms with van der Waals surface area (Å²) in [6.07, 6.45) is 5.00. The molecule has 2 aliphatic heterocycles. The molecule has 2 aromatic rings. The lowest BCUT2D eigenvalue weighted by Gasteiger charge is -2.23. The molecule has 3 fully saturated rings. The van der Waals surface area contributed by atoms with Crippen molar-refractivity contribution in [1.29, 1.82) is 0 Å². The van der Waals surface area contributed by atoms with Crippen molar-refractivity contribution in [2.45, 2.75) is 49.1 Å². The highest BCUT2D eigenvalue weighted by molar-refractivity contribution is 5.33. The SMILES string of the molecule is c1ccc(CC23CC4OC4CC2(Cc2ccccc2)O3)cc1. The van der Waals surface area contributed by atoms with E-state index >= 15 is 0 Å². The number of hydrogen-bond acceptors (Lipinski definition) is 2. The predicted molar refractivity (Wildman–Crippen MR) is 84.7 cm³/mol. The number of ether oxygens (including phenoxy) is 2. The molecule has 112 valence electrons. The van der Waals surface area contributed by atoms with Crippen LogP contribution in [0, 0.1) is 0 Å². The van der Waals surface area contributed by atoms with Crippen molar-refractivity contribution in [2.24, 2.45) is 0 Å². The molecule has 4 unspecified atom stereocenters. The molecule has 4 atom stereocenters. The van der Waals surface area contributed by atoms with E-state index in [9.17, 15) is 0 Å². The van der Waals surface area contributed by atoms with Gasteiger partial charge in [-0.1, -0.05) is 60.7 Å². The van der Waals surface area contributed by atoms with Crippen LogP contribution in [-0.2, 0) is 22.3 Å². The summed E-state index contributed by atoms with van der Waals surface area (Å²) in [7, 11) is 0. The average molecular weight is 292 g/mol. The van der Waals surface area contributed by atoms with E-state index in [0.29, 0.717) is 12.2 Å². The number of fused-ring (bicyclic) bond motifs is 2. The molecule has 0 radical (unpaired) electrons. The van der Waals surface area contributed by atoms with E-state index in [1.807, 2.05) is 0 Å². The fourth-order valence-electron chi connectivity index (χ4n) is 4.38. The van der Waals surface area contributed by atoms with Crippen LogP contribution >= 0.6 is 0 Å². The summed E-state index contributed by atoms with van der Waals surface area (Å²) in [6, 6.07) is 21.5. The first kappa shape index (κ1) is 12.9. The lowest BCUT2D eigenvalue weighted by atomic mass is 9.73. The van der Waals surface area contributed by atoms with Crippen LogP contribution in [-0.4, -0.2) is 23.4 Å². The maximum atomic E-state index is 6.48. The molecule has 2 heterocycles. The van der Waals surface area contributed by atoms with Crippen LogP contribution in [0.15, 0.2) is 60.7 Å². The van der Waals surface area contributed by atoms with E-state index in [-0.39, 0.29) is 11.2 Å². The Morgan fingerprint density at radius 1 is 0.727 bits per heavy atom. The van der Waals surface area contributed by atoms with Crippen molar-refractivity contribution in [3.8, 4) is 0 Å². The molecule has 2 heteroatoms. The zero-order chi connectivity index (χ0) is 14.6. The molecule has 5 rings (SSSR count). The molecular formula is C20H20O2. The molecule has 1 aliphatic carbocycles. The first-order chi connectivity index (χ1) is 10.8. The van der Waals surface area contributed by atoms with Crippen LogP contribution in [0.25, 0.3) is 0 Å². The van der Waals surface area contributed by atoms with Crippen LogP contribution in [0.3, 0.4) is 0 Å². The minimum Gasteiger partial charge on any atom is -0.369 e. The van der Waals surface area contributed by atoms with Crippen LogP contribution in [0.5, 0.6) is 0 Å². The number of rotatable bonds is 4. The van der Waals surface area contributed by atoms with Gasteiger partial charge in [-0.25, -0.2) is 0 Å². The van der Waals surface area contributed by atoms with Crippen molar-refractivity contribution in [2.75, 3.05) is 0 Å². The van der Waals surface area contributed by atoms with Gasteiger partial charge in [0.25, 0.3) is 0 Å². The number of hydrogen-bond donors (Lipinski definition) is 0. The largest absolute Gasteiger partial charge is 0.369 e. The zero-order valence-corrected chi connectivity index (χ0v) is 12.6. The van der Waals surface area contributed by atoms with E-state index in [0.717, 1.165) is 25.7 Å². The molecule has 2 aromatic carbocycles. The van der Waals surface area contributed by atoms with E-state index < -0.39 is 0 Å². The van der Waals surface area contributed by atoms with Crippen molar-refractivity contribution < 1.29 is 9.47 Å². The highest BCUT2D eigenvalue weighted by atomic mass is 16.7. The van der Waals surface area contributed by atoms with Gasteiger partial charge in [0.05, 0.1) is 12.2 Å².